The number of nitrogens with two attached hydrogens (primary N) is 4. The maximum absolute atomic E-state index is 10.6. The highest BCUT2D eigenvalue weighted by atomic mass is 16.1. The molecule has 0 saturated heterocycles. The van der Waals surface area contributed by atoms with Gasteiger partial charge in [0.05, 0.1) is 5.66 Å². The van der Waals surface area contributed by atoms with Gasteiger partial charge in [0.25, 0.3) is 0 Å². The summed E-state index contributed by atoms with van der Waals surface area (Å²) in [5.74, 6) is 0.173. The van der Waals surface area contributed by atoms with Crippen LogP contribution in [0.4, 0.5) is 0 Å². The fraction of sp³-hybridized carbons (Fsp3) is 0.652. The molecule has 0 spiro atoms. The van der Waals surface area contributed by atoms with Gasteiger partial charge in [-0.05, 0) is 55.4 Å². The molecule has 6 nitrogen and oxygen atoms in total. The van der Waals surface area contributed by atoms with Crippen LogP contribution in [0.3, 0.4) is 0 Å². The molecule has 2 aliphatic rings. The van der Waals surface area contributed by atoms with E-state index in [9.17, 15) is 9.59 Å². The molecule has 2 unspecified atom stereocenters. The highest BCUT2D eigenvalue weighted by Gasteiger charge is 2.50. The SMILES string of the molecule is CC1CCCCC1(C)C(N)(N)C1CCCCC1.NC(=O)c1ccc(C(N)=O)cc1. The molecule has 0 bridgehead atoms. The van der Waals surface area contributed by atoms with Gasteiger partial charge in [-0.25, -0.2) is 0 Å². The number of benzene rings is 1. The van der Waals surface area contributed by atoms with E-state index in [0.717, 1.165) is 0 Å². The monoisotopic (exact) mass is 402 g/mol. The maximum Gasteiger partial charge on any atom is 0.248 e. The van der Waals surface area contributed by atoms with Gasteiger partial charge in [0.1, 0.15) is 0 Å². The largest absolute Gasteiger partial charge is 0.366 e. The van der Waals surface area contributed by atoms with Gasteiger partial charge < -0.3 is 22.9 Å². The number of hydrogen-bond acceptors (Lipinski definition) is 4. The Bertz CT molecular complexity index is 662. The minimum Gasteiger partial charge on any atom is -0.366 e. The summed E-state index contributed by atoms with van der Waals surface area (Å²) in [4.78, 5) is 21.2. The van der Waals surface area contributed by atoms with Crippen molar-refractivity contribution in [2.45, 2.75) is 77.3 Å². The molecule has 2 fully saturated rings. The van der Waals surface area contributed by atoms with Gasteiger partial charge in [-0.1, -0.05) is 52.4 Å². The smallest absolute Gasteiger partial charge is 0.248 e. The minimum absolute atomic E-state index is 0.146. The molecule has 1 aromatic carbocycles. The second kappa shape index (κ2) is 9.72. The fourth-order valence-corrected chi connectivity index (χ4v) is 5.00. The molecule has 2 aliphatic carbocycles. The molecule has 2 amide bonds. The summed E-state index contributed by atoms with van der Waals surface area (Å²) in [5.41, 5.74) is 23.7. The Morgan fingerprint density at radius 1 is 0.862 bits per heavy atom. The van der Waals surface area contributed by atoms with Gasteiger partial charge >= 0.3 is 0 Å². The van der Waals surface area contributed by atoms with Gasteiger partial charge in [0.2, 0.25) is 11.8 Å². The molecule has 162 valence electrons. The molecular formula is C23H38N4O2. The first-order valence-electron chi connectivity index (χ1n) is 10.9. The van der Waals surface area contributed by atoms with Crippen LogP contribution < -0.4 is 22.9 Å². The molecule has 2 atom stereocenters. The van der Waals surface area contributed by atoms with Crippen LogP contribution >= 0.6 is 0 Å². The van der Waals surface area contributed by atoms with Gasteiger partial charge in [-0.15, -0.1) is 0 Å². The molecular weight excluding hydrogens is 364 g/mol. The van der Waals surface area contributed by atoms with Crippen LogP contribution in [0.5, 0.6) is 0 Å². The fourth-order valence-electron chi connectivity index (χ4n) is 5.00. The molecule has 0 heterocycles. The van der Waals surface area contributed by atoms with Crippen LogP contribution in [-0.4, -0.2) is 17.5 Å². The Morgan fingerprint density at radius 2 is 1.31 bits per heavy atom. The first kappa shape index (κ1) is 23.4. The summed E-state index contributed by atoms with van der Waals surface area (Å²) in [6, 6.07) is 5.84. The number of rotatable bonds is 4. The number of hydrogen-bond donors (Lipinski definition) is 4. The topological polar surface area (TPSA) is 138 Å². The lowest BCUT2D eigenvalue weighted by Crippen LogP contribution is -2.68. The first-order valence-corrected chi connectivity index (χ1v) is 10.9. The van der Waals surface area contributed by atoms with Crippen molar-refractivity contribution >= 4 is 11.8 Å². The highest BCUT2D eigenvalue weighted by molar-refractivity contribution is 5.96. The summed E-state index contributed by atoms with van der Waals surface area (Å²) in [6.45, 7) is 4.71. The van der Waals surface area contributed by atoms with Gasteiger partial charge in [-0.3, -0.25) is 9.59 Å². The van der Waals surface area contributed by atoms with E-state index < -0.39 is 17.5 Å². The van der Waals surface area contributed by atoms with Crippen molar-refractivity contribution < 1.29 is 9.59 Å². The summed E-state index contributed by atoms with van der Waals surface area (Å²) < 4.78 is 0. The van der Waals surface area contributed by atoms with Crippen LogP contribution in [-0.2, 0) is 0 Å². The molecule has 0 aliphatic heterocycles. The zero-order valence-electron chi connectivity index (χ0n) is 18.0. The number of amides is 2. The average molecular weight is 403 g/mol. The van der Waals surface area contributed by atoms with Crippen molar-refractivity contribution in [1.82, 2.24) is 0 Å². The standard InChI is InChI=1S/C15H30N2.C8H8N2O2/c1-12-8-6-7-11-14(12,2)15(16,17)13-9-4-3-5-10-13;9-7(11)5-1-2-6(4-3-5)8(10)12/h12-13H,3-11,16-17H2,1-2H3;1-4H,(H2,9,11)(H2,10,12). The summed E-state index contributed by atoms with van der Waals surface area (Å²) in [5, 5.41) is 0. The van der Waals surface area contributed by atoms with E-state index in [0.29, 0.717) is 23.0 Å². The lowest BCUT2D eigenvalue weighted by Gasteiger charge is -2.54. The van der Waals surface area contributed by atoms with Crippen molar-refractivity contribution in [3.63, 3.8) is 0 Å². The summed E-state index contributed by atoms with van der Waals surface area (Å²) in [6.07, 6.45) is 11.7. The number of carbonyl (C=O) groups is 2. The van der Waals surface area contributed by atoms with E-state index in [1.54, 1.807) is 0 Å². The Balaban J connectivity index is 0.000000221. The van der Waals surface area contributed by atoms with Crippen molar-refractivity contribution in [2.24, 2.45) is 40.2 Å². The predicted octanol–water partition coefficient (Wildman–Crippen LogP) is 3.28. The number of carbonyl (C=O) groups excluding carboxylic acids is 2. The number of primary amides is 2. The quantitative estimate of drug-likeness (QED) is 0.574. The Labute approximate surface area is 174 Å². The van der Waals surface area contributed by atoms with Crippen LogP contribution in [0.1, 0.15) is 92.4 Å². The van der Waals surface area contributed by atoms with Crippen LogP contribution in [0.25, 0.3) is 0 Å². The zero-order valence-corrected chi connectivity index (χ0v) is 18.0. The van der Waals surface area contributed by atoms with E-state index in [-0.39, 0.29) is 5.41 Å². The Morgan fingerprint density at radius 3 is 1.72 bits per heavy atom. The van der Waals surface area contributed by atoms with Gasteiger partial charge in [0.15, 0.2) is 0 Å². The second-order valence-electron chi connectivity index (χ2n) is 9.14. The van der Waals surface area contributed by atoms with Crippen molar-refractivity contribution in [3.8, 4) is 0 Å². The van der Waals surface area contributed by atoms with Gasteiger partial charge in [0, 0.05) is 16.5 Å². The molecule has 3 rings (SSSR count). The zero-order chi connectivity index (χ0) is 21.7. The lowest BCUT2D eigenvalue weighted by molar-refractivity contribution is -0.0145. The summed E-state index contributed by atoms with van der Waals surface area (Å²) in [7, 11) is 0. The van der Waals surface area contributed by atoms with E-state index in [4.69, 9.17) is 22.9 Å². The van der Waals surface area contributed by atoms with Crippen molar-refractivity contribution in [3.05, 3.63) is 35.4 Å². The van der Waals surface area contributed by atoms with Crippen molar-refractivity contribution in [2.75, 3.05) is 0 Å². The third-order valence-corrected chi connectivity index (χ3v) is 7.39. The van der Waals surface area contributed by atoms with E-state index in [1.807, 2.05) is 0 Å². The minimum atomic E-state index is -0.522. The molecule has 6 heteroatoms. The van der Waals surface area contributed by atoms with Crippen LogP contribution in [0, 0.1) is 17.3 Å². The van der Waals surface area contributed by atoms with Crippen LogP contribution in [0.15, 0.2) is 24.3 Å². The van der Waals surface area contributed by atoms with Gasteiger partial charge in [-0.2, -0.15) is 0 Å². The molecule has 0 radical (unpaired) electrons. The maximum atomic E-state index is 10.6. The van der Waals surface area contributed by atoms with E-state index in [2.05, 4.69) is 13.8 Å². The molecule has 1 aromatic rings. The van der Waals surface area contributed by atoms with Crippen LogP contribution in [0.2, 0.25) is 0 Å². The average Bonchev–Trinajstić information content (AvgIpc) is 2.71. The Hall–Kier alpha value is -1.92. The first-order chi connectivity index (χ1) is 13.6. The predicted molar refractivity (Wildman–Crippen MR) is 117 cm³/mol. The third-order valence-electron chi connectivity index (χ3n) is 7.39. The third kappa shape index (κ3) is 5.37. The van der Waals surface area contributed by atoms with E-state index in [1.165, 1.54) is 82.1 Å². The normalized spacial score (nSPS) is 25.6. The molecule has 0 aromatic heterocycles. The molecule has 2 saturated carbocycles. The molecule has 8 N–H and O–H groups in total. The van der Waals surface area contributed by atoms with E-state index >= 15 is 0 Å². The van der Waals surface area contributed by atoms with Crippen molar-refractivity contribution in [1.29, 1.82) is 0 Å². The summed E-state index contributed by atoms with van der Waals surface area (Å²) >= 11 is 0. The highest BCUT2D eigenvalue weighted by Crippen LogP contribution is 2.50. The second-order valence-corrected chi connectivity index (χ2v) is 9.14. The Kier molecular flexibility index (Phi) is 7.83. The molecule has 29 heavy (non-hydrogen) atoms. The lowest BCUT2D eigenvalue weighted by atomic mass is 9.57.